The monoisotopic (exact) mass is 256 g/mol. The van der Waals surface area contributed by atoms with Crippen molar-refractivity contribution in [1.82, 2.24) is 10.4 Å². The molecule has 92 valence electrons. The molecule has 0 aliphatic carbocycles. The van der Waals surface area contributed by atoms with Crippen LogP contribution in [0, 0.1) is 0 Å². The SMILES string of the molecule is O=C(NN1CCOCC1)c1cc(O)ccc1Cl. The van der Waals surface area contributed by atoms with Gasteiger partial charge in [0.1, 0.15) is 5.75 Å². The number of nitrogens with zero attached hydrogens (tertiary/aromatic N) is 1. The van der Waals surface area contributed by atoms with E-state index in [0.717, 1.165) is 0 Å². The Kier molecular flexibility index (Phi) is 3.83. The van der Waals surface area contributed by atoms with E-state index in [-0.39, 0.29) is 17.2 Å². The van der Waals surface area contributed by atoms with Crippen molar-refractivity contribution in [2.75, 3.05) is 26.3 Å². The van der Waals surface area contributed by atoms with Gasteiger partial charge in [0.25, 0.3) is 5.91 Å². The van der Waals surface area contributed by atoms with Crippen LogP contribution in [0.3, 0.4) is 0 Å². The van der Waals surface area contributed by atoms with Crippen LogP contribution in [0.1, 0.15) is 10.4 Å². The molecule has 0 bridgehead atoms. The first-order chi connectivity index (χ1) is 8.16. The molecule has 0 spiro atoms. The largest absolute Gasteiger partial charge is 0.508 e. The van der Waals surface area contributed by atoms with Gasteiger partial charge < -0.3 is 9.84 Å². The average Bonchev–Trinajstić information content (AvgIpc) is 2.33. The number of hydrogen-bond donors (Lipinski definition) is 2. The Bertz CT molecular complexity index is 419. The van der Waals surface area contributed by atoms with Gasteiger partial charge in [-0.15, -0.1) is 0 Å². The van der Waals surface area contributed by atoms with Crippen molar-refractivity contribution in [2.45, 2.75) is 0 Å². The van der Waals surface area contributed by atoms with Crippen molar-refractivity contribution >= 4 is 17.5 Å². The Morgan fingerprint density at radius 1 is 1.41 bits per heavy atom. The lowest BCUT2D eigenvalue weighted by atomic mass is 10.2. The van der Waals surface area contributed by atoms with E-state index in [1.165, 1.54) is 18.2 Å². The lowest BCUT2D eigenvalue weighted by Gasteiger charge is -2.27. The molecule has 0 atom stereocenters. The van der Waals surface area contributed by atoms with Gasteiger partial charge in [-0.2, -0.15) is 0 Å². The van der Waals surface area contributed by atoms with Crippen LogP contribution in [0.15, 0.2) is 18.2 Å². The van der Waals surface area contributed by atoms with Gasteiger partial charge in [-0.05, 0) is 18.2 Å². The number of carbonyl (C=O) groups excluding carboxylic acids is 1. The number of carbonyl (C=O) groups is 1. The maximum atomic E-state index is 11.9. The van der Waals surface area contributed by atoms with E-state index in [2.05, 4.69) is 5.43 Å². The molecule has 1 amide bonds. The third kappa shape index (κ3) is 3.09. The highest BCUT2D eigenvalue weighted by atomic mass is 35.5. The zero-order chi connectivity index (χ0) is 12.3. The van der Waals surface area contributed by atoms with Crippen LogP contribution in [0.5, 0.6) is 5.75 Å². The summed E-state index contributed by atoms with van der Waals surface area (Å²) in [6.07, 6.45) is 0. The molecule has 0 radical (unpaired) electrons. The van der Waals surface area contributed by atoms with Gasteiger partial charge in [0.2, 0.25) is 0 Å². The second-order valence-electron chi connectivity index (χ2n) is 3.70. The summed E-state index contributed by atoms with van der Waals surface area (Å²) in [5.41, 5.74) is 2.98. The van der Waals surface area contributed by atoms with Crippen LogP contribution in [-0.2, 0) is 4.74 Å². The summed E-state index contributed by atoms with van der Waals surface area (Å²) in [6.45, 7) is 2.46. The van der Waals surface area contributed by atoms with Crippen LogP contribution >= 0.6 is 11.6 Å². The van der Waals surface area contributed by atoms with E-state index in [1.807, 2.05) is 0 Å². The fourth-order valence-electron chi connectivity index (χ4n) is 1.57. The molecule has 17 heavy (non-hydrogen) atoms. The van der Waals surface area contributed by atoms with Crippen molar-refractivity contribution < 1.29 is 14.6 Å². The fourth-order valence-corrected chi connectivity index (χ4v) is 1.77. The molecule has 1 fully saturated rings. The summed E-state index contributed by atoms with van der Waals surface area (Å²) in [7, 11) is 0. The summed E-state index contributed by atoms with van der Waals surface area (Å²) < 4.78 is 5.17. The first-order valence-corrected chi connectivity index (χ1v) is 5.67. The highest BCUT2D eigenvalue weighted by Gasteiger charge is 2.16. The molecule has 1 aromatic rings. The van der Waals surface area contributed by atoms with E-state index in [0.29, 0.717) is 31.3 Å². The number of aromatic hydroxyl groups is 1. The second-order valence-corrected chi connectivity index (χ2v) is 4.11. The topological polar surface area (TPSA) is 61.8 Å². The highest BCUT2D eigenvalue weighted by Crippen LogP contribution is 2.21. The standard InChI is InChI=1S/C11H13ClN2O3/c12-10-2-1-8(15)7-9(10)11(16)13-14-3-5-17-6-4-14/h1-2,7,15H,3-6H2,(H,13,16). The average molecular weight is 257 g/mol. The van der Waals surface area contributed by atoms with Crippen LogP contribution in [0.25, 0.3) is 0 Å². The fraction of sp³-hybridized carbons (Fsp3) is 0.364. The molecular formula is C11H13ClN2O3. The molecule has 0 saturated carbocycles. The minimum atomic E-state index is -0.326. The maximum Gasteiger partial charge on any atom is 0.267 e. The zero-order valence-electron chi connectivity index (χ0n) is 9.15. The van der Waals surface area contributed by atoms with Crippen LogP contribution < -0.4 is 5.43 Å². The molecular weight excluding hydrogens is 244 g/mol. The molecule has 1 aliphatic heterocycles. The molecule has 2 N–H and O–H groups in total. The van der Waals surface area contributed by atoms with Gasteiger partial charge in [-0.1, -0.05) is 11.6 Å². The molecule has 1 aromatic carbocycles. The maximum absolute atomic E-state index is 11.9. The Morgan fingerprint density at radius 2 is 2.12 bits per heavy atom. The number of halogens is 1. The second kappa shape index (κ2) is 5.35. The van der Waals surface area contributed by atoms with Gasteiger partial charge in [0, 0.05) is 13.1 Å². The summed E-state index contributed by atoms with van der Waals surface area (Å²) in [5.74, 6) is -0.311. The number of hydrazine groups is 1. The molecule has 2 rings (SSSR count). The minimum Gasteiger partial charge on any atom is -0.508 e. The molecule has 0 aromatic heterocycles. The Hall–Kier alpha value is -1.30. The van der Waals surface area contributed by atoms with Crippen LogP contribution in [0.2, 0.25) is 5.02 Å². The molecule has 1 saturated heterocycles. The third-order valence-electron chi connectivity index (χ3n) is 2.47. The predicted molar refractivity (Wildman–Crippen MR) is 63.0 cm³/mol. The predicted octanol–water partition coefficient (Wildman–Crippen LogP) is 1.02. The molecule has 1 heterocycles. The molecule has 1 aliphatic rings. The number of benzene rings is 1. The van der Waals surface area contributed by atoms with Gasteiger partial charge in [-0.3, -0.25) is 10.2 Å². The van der Waals surface area contributed by atoms with Crippen LogP contribution in [0.4, 0.5) is 0 Å². The summed E-state index contributed by atoms with van der Waals surface area (Å²) in [6, 6.07) is 4.27. The smallest absolute Gasteiger partial charge is 0.267 e. The summed E-state index contributed by atoms with van der Waals surface area (Å²) in [5, 5.41) is 11.4. The van der Waals surface area contributed by atoms with Crippen molar-refractivity contribution in [1.29, 1.82) is 0 Å². The minimum absolute atomic E-state index is 0.0153. The first-order valence-electron chi connectivity index (χ1n) is 5.29. The number of amides is 1. The molecule has 6 heteroatoms. The van der Waals surface area contributed by atoms with E-state index < -0.39 is 0 Å². The van der Waals surface area contributed by atoms with Crippen molar-refractivity contribution in [2.24, 2.45) is 0 Å². The van der Waals surface area contributed by atoms with Gasteiger partial charge >= 0.3 is 0 Å². The normalized spacial score (nSPS) is 16.8. The van der Waals surface area contributed by atoms with Crippen molar-refractivity contribution in [3.63, 3.8) is 0 Å². The molecule has 5 nitrogen and oxygen atoms in total. The number of phenolic OH excluding ortho intramolecular Hbond substituents is 1. The van der Waals surface area contributed by atoms with Crippen molar-refractivity contribution in [3.05, 3.63) is 28.8 Å². The molecule has 0 unspecified atom stereocenters. The lowest BCUT2D eigenvalue weighted by Crippen LogP contribution is -2.48. The van der Waals surface area contributed by atoms with Gasteiger partial charge in [0.15, 0.2) is 0 Å². The Balaban J connectivity index is 2.05. The zero-order valence-corrected chi connectivity index (χ0v) is 9.91. The number of nitrogens with one attached hydrogen (secondary N) is 1. The quantitative estimate of drug-likeness (QED) is 0.830. The van der Waals surface area contributed by atoms with Crippen molar-refractivity contribution in [3.8, 4) is 5.75 Å². The van der Waals surface area contributed by atoms with Gasteiger partial charge in [0.05, 0.1) is 23.8 Å². The van der Waals surface area contributed by atoms with E-state index >= 15 is 0 Å². The van der Waals surface area contributed by atoms with E-state index in [1.54, 1.807) is 5.01 Å². The van der Waals surface area contributed by atoms with E-state index in [9.17, 15) is 9.90 Å². The number of ether oxygens (including phenoxy) is 1. The van der Waals surface area contributed by atoms with Crippen LogP contribution in [-0.4, -0.2) is 42.3 Å². The number of morpholine rings is 1. The summed E-state index contributed by atoms with van der Waals surface area (Å²) in [4.78, 5) is 11.9. The van der Waals surface area contributed by atoms with Gasteiger partial charge in [-0.25, -0.2) is 5.01 Å². The van der Waals surface area contributed by atoms with E-state index in [4.69, 9.17) is 16.3 Å². The Labute approximate surface area is 104 Å². The highest BCUT2D eigenvalue weighted by molar-refractivity contribution is 6.33. The first kappa shape index (κ1) is 12.2. The number of phenols is 1. The number of hydrogen-bond acceptors (Lipinski definition) is 4. The Morgan fingerprint density at radius 3 is 2.82 bits per heavy atom. The summed E-state index contributed by atoms with van der Waals surface area (Å²) >= 11 is 5.89. The lowest BCUT2D eigenvalue weighted by molar-refractivity contribution is 0.0126. The number of rotatable bonds is 2. The third-order valence-corrected chi connectivity index (χ3v) is 2.79.